The van der Waals surface area contributed by atoms with E-state index in [0.717, 1.165) is 37.2 Å². The molecule has 6 heteroatoms. The zero-order valence-electron chi connectivity index (χ0n) is 19.5. The fourth-order valence-corrected chi connectivity index (χ4v) is 3.93. The molecular formula is C28H31N3O3. The average molecular weight is 458 g/mol. The van der Waals surface area contributed by atoms with E-state index < -0.39 is 0 Å². The molecule has 2 amide bonds. The number of hydrogen-bond acceptors (Lipinski definition) is 4. The second-order valence-corrected chi connectivity index (χ2v) is 8.72. The maximum absolute atomic E-state index is 12.7. The van der Waals surface area contributed by atoms with Gasteiger partial charge in [-0.2, -0.15) is 0 Å². The van der Waals surface area contributed by atoms with Crippen molar-refractivity contribution in [2.24, 2.45) is 5.92 Å². The lowest BCUT2D eigenvalue weighted by Crippen LogP contribution is -2.37. The maximum Gasteiger partial charge on any atom is 0.253 e. The van der Waals surface area contributed by atoms with Crippen LogP contribution in [0.5, 0.6) is 5.75 Å². The Morgan fingerprint density at radius 1 is 0.912 bits per heavy atom. The lowest BCUT2D eigenvalue weighted by molar-refractivity contribution is -0.114. The second-order valence-electron chi connectivity index (χ2n) is 8.72. The van der Waals surface area contributed by atoms with Gasteiger partial charge in [-0.3, -0.25) is 9.59 Å². The van der Waals surface area contributed by atoms with Crippen LogP contribution in [0.2, 0.25) is 0 Å². The van der Waals surface area contributed by atoms with E-state index >= 15 is 0 Å². The molecular weight excluding hydrogens is 426 g/mol. The standard InChI is InChI=1S/C28H31N3O3/c1-21-15-17-31(18-16-21)28(33)23-11-13-24(14-12-23)29-19-27(32)30-25-9-5-6-10-26(25)34-20-22-7-3-2-4-8-22/h2-14,21,29H,15-20H2,1H3,(H,30,32). The summed E-state index contributed by atoms with van der Waals surface area (Å²) in [6.07, 6.45) is 2.11. The minimum Gasteiger partial charge on any atom is -0.487 e. The largest absolute Gasteiger partial charge is 0.487 e. The predicted molar refractivity (Wildman–Crippen MR) is 135 cm³/mol. The van der Waals surface area contributed by atoms with Crippen molar-refractivity contribution < 1.29 is 14.3 Å². The minimum absolute atomic E-state index is 0.0725. The molecule has 34 heavy (non-hydrogen) atoms. The van der Waals surface area contributed by atoms with Crippen molar-refractivity contribution in [2.45, 2.75) is 26.4 Å². The summed E-state index contributed by atoms with van der Waals surface area (Å²) in [4.78, 5) is 27.1. The first-order valence-corrected chi connectivity index (χ1v) is 11.8. The van der Waals surface area contributed by atoms with Crippen molar-refractivity contribution in [1.82, 2.24) is 4.90 Å². The summed E-state index contributed by atoms with van der Waals surface area (Å²) in [7, 11) is 0. The number of likely N-dealkylation sites (tertiary alicyclic amines) is 1. The van der Waals surface area contributed by atoms with Crippen LogP contribution in [0.1, 0.15) is 35.7 Å². The topological polar surface area (TPSA) is 70.7 Å². The van der Waals surface area contributed by atoms with Crippen molar-refractivity contribution in [3.05, 3.63) is 90.0 Å². The van der Waals surface area contributed by atoms with Gasteiger partial charge < -0.3 is 20.3 Å². The van der Waals surface area contributed by atoms with Crippen molar-refractivity contribution in [3.8, 4) is 5.75 Å². The van der Waals surface area contributed by atoms with Gasteiger partial charge in [0.05, 0.1) is 12.2 Å². The molecule has 0 radical (unpaired) electrons. The molecule has 0 atom stereocenters. The number of piperidine rings is 1. The van der Waals surface area contributed by atoms with Gasteiger partial charge in [0.2, 0.25) is 5.91 Å². The molecule has 176 valence electrons. The quantitative estimate of drug-likeness (QED) is 0.488. The normalized spacial score (nSPS) is 13.9. The molecule has 1 saturated heterocycles. The minimum atomic E-state index is -0.182. The van der Waals surface area contributed by atoms with Crippen molar-refractivity contribution in [1.29, 1.82) is 0 Å². The molecule has 1 aliphatic rings. The summed E-state index contributed by atoms with van der Waals surface area (Å²) in [6, 6.07) is 24.6. The Labute approximate surface area is 200 Å². The molecule has 4 rings (SSSR count). The van der Waals surface area contributed by atoms with Gasteiger partial charge in [-0.25, -0.2) is 0 Å². The number of benzene rings is 3. The van der Waals surface area contributed by atoms with Gasteiger partial charge in [0, 0.05) is 24.3 Å². The first-order valence-electron chi connectivity index (χ1n) is 11.8. The number of carbonyl (C=O) groups is 2. The average Bonchev–Trinajstić information content (AvgIpc) is 2.88. The number of para-hydroxylation sites is 2. The fourth-order valence-electron chi connectivity index (χ4n) is 3.93. The summed E-state index contributed by atoms with van der Waals surface area (Å²) in [5.74, 6) is 1.19. The van der Waals surface area contributed by atoms with E-state index in [-0.39, 0.29) is 18.4 Å². The molecule has 2 N–H and O–H groups in total. The monoisotopic (exact) mass is 457 g/mol. The van der Waals surface area contributed by atoms with Crippen LogP contribution in [-0.2, 0) is 11.4 Å². The molecule has 1 fully saturated rings. The van der Waals surface area contributed by atoms with Crippen LogP contribution in [0.4, 0.5) is 11.4 Å². The highest BCUT2D eigenvalue weighted by Gasteiger charge is 2.21. The maximum atomic E-state index is 12.7. The third-order valence-corrected chi connectivity index (χ3v) is 6.05. The number of amides is 2. The Hall–Kier alpha value is -3.80. The molecule has 0 unspecified atom stereocenters. The van der Waals surface area contributed by atoms with Gasteiger partial charge in [-0.1, -0.05) is 49.4 Å². The Kier molecular flexibility index (Phi) is 7.81. The molecule has 0 spiro atoms. The van der Waals surface area contributed by atoms with Crippen LogP contribution in [0.25, 0.3) is 0 Å². The van der Waals surface area contributed by atoms with Gasteiger partial charge >= 0.3 is 0 Å². The fraction of sp³-hybridized carbons (Fsp3) is 0.286. The van der Waals surface area contributed by atoms with E-state index in [2.05, 4.69) is 17.6 Å². The Morgan fingerprint density at radius 3 is 2.32 bits per heavy atom. The Balaban J connectivity index is 1.27. The zero-order chi connectivity index (χ0) is 23.8. The van der Waals surface area contributed by atoms with Crippen LogP contribution in [0.3, 0.4) is 0 Å². The smallest absolute Gasteiger partial charge is 0.253 e. The molecule has 3 aromatic rings. The lowest BCUT2D eigenvalue weighted by Gasteiger charge is -2.30. The molecule has 0 saturated carbocycles. The Morgan fingerprint density at radius 2 is 1.59 bits per heavy atom. The summed E-state index contributed by atoms with van der Waals surface area (Å²) < 4.78 is 5.91. The van der Waals surface area contributed by atoms with Crippen molar-refractivity contribution in [3.63, 3.8) is 0 Å². The second kappa shape index (κ2) is 11.4. The number of ether oxygens (including phenoxy) is 1. The highest BCUT2D eigenvalue weighted by atomic mass is 16.5. The SMILES string of the molecule is CC1CCN(C(=O)c2ccc(NCC(=O)Nc3ccccc3OCc3ccccc3)cc2)CC1. The van der Waals surface area contributed by atoms with Crippen molar-refractivity contribution in [2.75, 3.05) is 30.3 Å². The van der Waals surface area contributed by atoms with E-state index in [4.69, 9.17) is 4.74 Å². The lowest BCUT2D eigenvalue weighted by atomic mass is 9.98. The van der Waals surface area contributed by atoms with Gasteiger partial charge in [-0.05, 0) is 60.7 Å². The summed E-state index contributed by atoms with van der Waals surface area (Å²) >= 11 is 0. The van der Waals surface area contributed by atoms with Crippen LogP contribution < -0.4 is 15.4 Å². The molecule has 1 aliphatic heterocycles. The number of rotatable bonds is 8. The highest BCUT2D eigenvalue weighted by Crippen LogP contribution is 2.25. The Bertz CT molecular complexity index is 1090. The first kappa shape index (κ1) is 23.4. The molecule has 1 heterocycles. The van der Waals surface area contributed by atoms with Crippen LogP contribution in [-0.4, -0.2) is 36.3 Å². The summed E-state index contributed by atoms with van der Waals surface area (Å²) in [5, 5.41) is 6.02. The van der Waals surface area contributed by atoms with Crippen LogP contribution in [0, 0.1) is 5.92 Å². The van der Waals surface area contributed by atoms with Gasteiger partial charge in [-0.15, -0.1) is 0 Å². The molecule has 3 aromatic carbocycles. The van der Waals surface area contributed by atoms with E-state index in [1.807, 2.05) is 83.8 Å². The van der Waals surface area contributed by atoms with Gasteiger partial charge in [0.25, 0.3) is 5.91 Å². The number of nitrogens with zero attached hydrogens (tertiary/aromatic N) is 1. The molecule has 0 aromatic heterocycles. The van der Waals surface area contributed by atoms with Gasteiger partial charge in [0.15, 0.2) is 0 Å². The zero-order valence-corrected chi connectivity index (χ0v) is 19.5. The number of nitrogens with one attached hydrogen (secondary N) is 2. The molecule has 6 nitrogen and oxygen atoms in total. The van der Waals surface area contributed by atoms with E-state index in [0.29, 0.717) is 29.5 Å². The predicted octanol–water partition coefficient (Wildman–Crippen LogP) is 5.19. The van der Waals surface area contributed by atoms with E-state index in [1.54, 1.807) is 0 Å². The molecule has 0 aliphatic carbocycles. The summed E-state index contributed by atoms with van der Waals surface area (Å²) in [6.45, 7) is 4.39. The third kappa shape index (κ3) is 6.38. The highest BCUT2D eigenvalue weighted by molar-refractivity contribution is 5.96. The molecule has 0 bridgehead atoms. The number of carbonyl (C=O) groups excluding carboxylic acids is 2. The van der Waals surface area contributed by atoms with E-state index in [9.17, 15) is 9.59 Å². The number of anilines is 2. The summed E-state index contributed by atoms with van der Waals surface area (Å²) in [5.41, 5.74) is 3.14. The van der Waals surface area contributed by atoms with Crippen molar-refractivity contribution >= 4 is 23.2 Å². The third-order valence-electron chi connectivity index (χ3n) is 6.05. The van der Waals surface area contributed by atoms with Crippen LogP contribution in [0.15, 0.2) is 78.9 Å². The van der Waals surface area contributed by atoms with E-state index in [1.165, 1.54) is 0 Å². The van der Waals surface area contributed by atoms with Gasteiger partial charge in [0.1, 0.15) is 12.4 Å². The number of hydrogen-bond donors (Lipinski definition) is 2. The van der Waals surface area contributed by atoms with Crippen LogP contribution >= 0.6 is 0 Å². The first-order chi connectivity index (χ1) is 16.6.